The van der Waals surface area contributed by atoms with Crippen molar-refractivity contribution in [2.45, 2.75) is 31.7 Å². The van der Waals surface area contributed by atoms with Crippen molar-refractivity contribution >= 4 is 21.8 Å². The zero-order chi connectivity index (χ0) is 13.7. The minimum Gasteiger partial charge on any atom is -0.480 e. The number of carbonyl (C=O) groups is 1. The average molecular weight is 327 g/mol. The van der Waals surface area contributed by atoms with Gasteiger partial charge in [-0.15, -0.1) is 0 Å². The van der Waals surface area contributed by atoms with Crippen LogP contribution in [0.5, 0.6) is 5.88 Å². The monoisotopic (exact) mass is 326 g/mol. The highest BCUT2D eigenvalue weighted by Gasteiger charge is 2.30. The Morgan fingerprint density at radius 3 is 2.95 bits per heavy atom. The summed E-state index contributed by atoms with van der Waals surface area (Å²) in [6.45, 7) is 0.785. The van der Waals surface area contributed by atoms with E-state index in [4.69, 9.17) is 4.74 Å². The van der Waals surface area contributed by atoms with Gasteiger partial charge in [0.2, 0.25) is 5.88 Å². The molecule has 0 bridgehead atoms. The minimum absolute atomic E-state index is 0.0376. The zero-order valence-electron chi connectivity index (χ0n) is 11.1. The summed E-state index contributed by atoms with van der Waals surface area (Å²) in [7, 11) is 1.55. The fourth-order valence-electron chi connectivity index (χ4n) is 2.25. The third-order valence-corrected chi connectivity index (χ3v) is 4.06. The Morgan fingerprint density at radius 2 is 2.37 bits per heavy atom. The van der Waals surface area contributed by atoms with Gasteiger partial charge in [0.25, 0.3) is 5.91 Å². The average Bonchev–Trinajstić information content (AvgIpc) is 2.40. The van der Waals surface area contributed by atoms with Gasteiger partial charge in [-0.2, -0.15) is 0 Å². The number of methoxy groups -OCH3 is 1. The highest BCUT2D eigenvalue weighted by atomic mass is 79.9. The highest BCUT2D eigenvalue weighted by molar-refractivity contribution is 9.09. The van der Waals surface area contributed by atoms with Crippen molar-refractivity contribution in [1.82, 2.24) is 9.88 Å². The lowest BCUT2D eigenvalue weighted by molar-refractivity contribution is 0.0577. The first-order chi connectivity index (χ1) is 9.27. The van der Waals surface area contributed by atoms with Crippen LogP contribution in [0.15, 0.2) is 18.3 Å². The predicted octanol–water partition coefficient (Wildman–Crippen LogP) is 2.87. The van der Waals surface area contributed by atoms with Gasteiger partial charge in [-0.25, -0.2) is 4.98 Å². The van der Waals surface area contributed by atoms with Crippen molar-refractivity contribution in [3.63, 3.8) is 0 Å². The van der Waals surface area contributed by atoms with Crippen molar-refractivity contribution < 1.29 is 9.53 Å². The largest absolute Gasteiger partial charge is 0.480 e. The predicted molar refractivity (Wildman–Crippen MR) is 77.9 cm³/mol. The van der Waals surface area contributed by atoms with Crippen LogP contribution in [0.2, 0.25) is 0 Å². The third-order valence-electron chi connectivity index (χ3n) is 3.50. The first-order valence-corrected chi connectivity index (χ1v) is 7.76. The van der Waals surface area contributed by atoms with E-state index in [9.17, 15) is 4.79 Å². The standard InChI is InChI=1S/C14H19BrN2O2/c1-19-13-12(7-3-9-16-13)14(18)17(10-4-8-15)11-5-2-6-11/h3,7,9,11H,2,4-6,8,10H2,1H3. The van der Waals surface area contributed by atoms with Gasteiger partial charge in [0.15, 0.2) is 0 Å². The normalized spacial score (nSPS) is 14.8. The maximum atomic E-state index is 12.7. The number of nitrogens with zero attached hydrogens (tertiary/aromatic N) is 2. The second-order valence-electron chi connectivity index (χ2n) is 4.69. The zero-order valence-corrected chi connectivity index (χ0v) is 12.7. The van der Waals surface area contributed by atoms with Crippen LogP contribution < -0.4 is 4.74 Å². The molecule has 1 aliphatic rings. The van der Waals surface area contributed by atoms with E-state index in [1.54, 1.807) is 25.4 Å². The smallest absolute Gasteiger partial charge is 0.259 e. The number of alkyl halides is 1. The van der Waals surface area contributed by atoms with E-state index in [2.05, 4.69) is 20.9 Å². The summed E-state index contributed by atoms with van der Waals surface area (Å²) in [5.74, 6) is 0.450. The van der Waals surface area contributed by atoms with Gasteiger partial charge in [0, 0.05) is 24.1 Å². The molecule has 5 heteroatoms. The lowest BCUT2D eigenvalue weighted by Gasteiger charge is -2.37. The SMILES string of the molecule is COc1ncccc1C(=O)N(CCCBr)C1CCC1. The Kier molecular flexibility index (Phi) is 5.19. The molecule has 0 N–H and O–H groups in total. The molecule has 19 heavy (non-hydrogen) atoms. The summed E-state index contributed by atoms with van der Waals surface area (Å²) >= 11 is 3.43. The molecular weight excluding hydrogens is 308 g/mol. The van der Waals surface area contributed by atoms with Crippen LogP contribution in [0.3, 0.4) is 0 Å². The number of ether oxygens (including phenoxy) is 1. The van der Waals surface area contributed by atoms with Gasteiger partial charge in [-0.05, 0) is 37.8 Å². The highest BCUT2D eigenvalue weighted by Crippen LogP contribution is 2.28. The molecule has 0 unspecified atom stereocenters. The van der Waals surface area contributed by atoms with Crippen LogP contribution in [0, 0.1) is 0 Å². The summed E-state index contributed by atoms with van der Waals surface area (Å²) in [6, 6.07) is 3.95. The van der Waals surface area contributed by atoms with Gasteiger partial charge in [-0.3, -0.25) is 4.79 Å². The Labute approximate surface area is 122 Å². The van der Waals surface area contributed by atoms with Crippen LogP contribution in [0.4, 0.5) is 0 Å². The second kappa shape index (κ2) is 6.89. The summed E-state index contributed by atoms with van der Waals surface area (Å²) in [4.78, 5) is 18.7. The molecule has 1 aromatic rings. The number of aromatic nitrogens is 1. The lowest BCUT2D eigenvalue weighted by Crippen LogP contribution is -2.45. The van der Waals surface area contributed by atoms with Crippen LogP contribution in [0.1, 0.15) is 36.0 Å². The molecule has 0 atom stereocenters. The number of rotatable bonds is 6. The summed E-state index contributed by atoms with van der Waals surface area (Å²) in [5, 5.41) is 0.910. The maximum absolute atomic E-state index is 12.7. The molecule has 0 spiro atoms. The topological polar surface area (TPSA) is 42.4 Å². The second-order valence-corrected chi connectivity index (χ2v) is 5.48. The number of pyridine rings is 1. The quantitative estimate of drug-likeness (QED) is 0.755. The number of halogens is 1. The Hall–Kier alpha value is -1.10. The lowest BCUT2D eigenvalue weighted by atomic mass is 9.91. The molecule has 1 saturated carbocycles. The number of amides is 1. The van der Waals surface area contributed by atoms with Crippen molar-refractivity contribution in [2.24, 2.45) is 0 Å². The number of hydrogen-bond donors (Lipinski definition) is 0. The summed E-state index contributed by atoms with van der Waals surface area (Å²) < 4.78 is 5.18. The van der Waals surface area contributed by atoms with E-state index >= 15 is 0 Å². The molecule has 0 radical (unpaired) electrons. The molecule has 0 saturated heterocycles. The molecule has 1 aliphatic carbocycles. The third kappa shape index (κ3) is 3.26. The first kappa shape index (κ1) is 14.3. The van der Waals surface area contributed by atoms with E-state index < -0.39 is 0 Å². The van der Waals surface area contributed by atoms with Gasteiger partial charge < -0.3 is 9.64 Å². The van der Waals surface area contributed by atoms with Crippen molar-refractivity contribution in [3.8, 4) is 5.88 Å². The van der Waals surface area contributed by atoms with E-state index in [0.29, 0.717) is 17.5 Å². The van der Waals surface area contributed by atoms with Crippen LogP contribution >= 0.6 is 15.9 Å². The molecule has 0 aliphatic heterocycles. The van der Waals surface area contributed by atoms with Gasteiger partial charge in [0.05, 0.1) is 7.11 Å². The molecule has 104 valence electrons. The molecule has 4 nitrogen and oxygen atoms in total. The van der Waals surface area contributed by atoms with E-state index in [1.807, 2.05) is 4.90 Å². The Morgan fingerprint density at radius 1 is 1.58 bits per heavy atom. The van der Waals surface area contributed by atoms with Gasteiger partial charge in [-0.1, -0.05) is 15.9 Å². The molecule has 1 fully saturated rings. The fraction of sp³-hybridized carbons (Fsp3) is 0.571. The molecule has 0 aromatic carbocycles. The van der Waals surface area contributed by atoms with E-state index in [-0.39, 0.29) is 5.91 Å². The number of carbonyl (C=O) groups excluding carboxylic acids is 1. The maximum Gasteiger partial charge on any atom is 0.259 e. The number of hydrogen-bond acceptors (Lipinski definition) is 3. The van der Waals surface area contributed by atoms with Crippen LogP contribution in [0.25, 0.3) is 0 Å². The summed E-state index contributed by atoms with van der Waals surface area (Å²) in [6.07, 6.45) is 6.03. The Balaban J connectivity index is 2.17. The molecular formula is C14H19BrN2O2. The first-order valence-electron chi connectivity index (χ1n) is 6.64. The van der Waals surface area contributed by atoms with Crippen molar-refractivity contribution in [3.05, 3.63) is 23.9 Å². The molecule has 1 amide bonds. The molecule has 1 aromatic heterocycles. The minimum atomic E-state index is 0.0376. The Bertz CT molecular complexity index is 435. The van der Waals surface area contributed by atoms with Crippen molar-refractivity contribution in [2.75, 3.05) is 19.0 Å². The van der Waals surface area contributed by atoms with Gasteiger partial charge >= 0.3 is 0 Å². The fourth-order valence-corrected chi connectivity index (χ4v) is 2.50. The summed E-state index contributed by atoms with van der Waals surface area (Å²) in [5.41, 5.74) is 0.562. The van der Waals surface area contributed by atoms with Gasteiger partial charge in [0.1, 0.15) is 5.56 Å². The van der Waals surface area contributed by atoms with E-state index in [1.165, 1.54) is 6.42 Å². The van der Waals surface area contributed by atoms with E-state index in [0.717, 1.165) is 31.1 Å². The van der Waals surface area contributed by atoms with Crippen LogP contribution in [-0.4, -0.2) is 40.8 Å². The van der Waals surface area contributed by atoms with Crippen LogP contribution in [-0.2, 0) is 0 Å². The van der Waals surface area contributed by atoms with Crippen molar-refractivity contribution in [1.29, 1.82) is 0 Å². The molecule has 1 heterocycles. The molecule has 2 rings (SSSR count).